The van der Waals surface area contributed by atoms with E-state index in [-0.39, 0.29) is 23.1 Å². The molecule has 0 N–H and O–H groups in total. The van der Waals surface area contributed by atoms with E-state index in [9.17, 15) is 18.0 Å². The van der Waals surface area contributed by atoms with Crippen LogP contribution in [0.2, 0.25) is 0 Å². The number of aromatic nitrogens is 1. The smallest absolute Gasteiger partial charge is 0.354 e. The van der Waals surface area contributed by atoms with Crippen molar-refractivity contribution in [1.82, 2.24) is 8.87 Å². The molecule has 0 saturated heterocycles. The second-order valence-corrected chi connectivity index (χ2v) is 10.4. The quantitative estimate of drug-likeness (QED) is 0.413. The van der Waals surface area contributed by atoms with Crippen LogP contribution in [0.3, 0.4) is 0 Å². The van der Waals surface area contributed by atoms with Crippen molar-refractivity contribution in [3.05, 3.63) is 52.3 Å². The Morgan fingerprint density at radius 2 is 1.62 bits per heavy atom. The fourth-order valence-electron chi connectivity index (χ4n) is 4.02. The highest BCUT2D eigenvalue weighted by Gasteiger charge is 2.36. The van der Waals surface area contributed by atoms with Crippen molar-refractivity contribution in [2.45, 2.75) is 65.9 Å². The third-order valence-electron chi connectivity index (χ3n) is 5.69. The molecule has 0 bridgehead atoms. The molecule has 0 spiro atoms. The van der Waals surface area contributed by atoms with Gasteiger partial charge in [0.15, 0.2) is 5.78 Å². The maximum absolute atomic E-state index is 13.7. The third-order valence-corrected chi connectivity index (χ3v) is 7.64. The van der Waals surface area contributed by atoms with Gasteiger partial charge in [-0.15, -0.1) is 0 Å². The van der Waals surface area contributed by atoms with Crippen molar-refractivity contribution in [3.63, 3.8) is 0 Å². The van der Waals surface area contributed by atoms with Gasteiger partial charge in [-0.3, -0.25) is 4.79 Å². The maximum atomic E-state index is 13.7. The molecule has 1 unspecified atom stereocenters. The van der Waals surface area contributed by atoms with Crippen molar-refractivity contribution in [2.24, 2.45) is 5.92 Å². The first-order valence-corrected chi connectivity index (χ1v) is 12.2. The Labute approximate surface area is 191 Å². The van der Waals surface area contributed by atoms with E-state index in [2.05, 4.69) is 0 Å². The lowest BCUT2D eigenvalue weighted by Gasteiger charge is -2.29. The van der Waals surface area contributed by atoms with E-state index >= 15 is 0 Å². The molecule has 2 aromatic rings. The molecule has 32 heavy (non-hydrogen) atoms. The van der Waals surface area contributed by atoms with Crippen molar-refractivity contribution in [3.8, 4) is 0 Å². The number of ether oxygens (including phenoxy) is 1. The van der Waals surface area contributed by atoms with Crippen molar-refractivity contribution < 1.29 is 22.7 Å². The van der Waals surface area contributed by atoms with Gasteiger partial charge in [-0.25, -0.2) is 13.2 Å². The lowest BCUT2D eigenvalue weighted by atomic mass is 10.0. The average Bonchev–Trinajstić information content (AvgIpc) is 2.99. The summed E-state index contributed by atoms with van der Waals surface area (Å²) in [6.07, 6.45) is 0. The molecule has 8 heteroatoms. The Kier molecular flexibility index (Phi) is 8.07. The average molecular weight is 463 g/mol. The molecule has 1 heterocycles. The summed E-state index contributed by atoms with van der Waals surface area (Å²) in [5, 5.41) is 0. The van der Waals surface area contributed by atoms with Gasteiger partial charge in [0.1, 0.15) is 5.69 Å². The fourth-order valence-corrected chi connectivity index (χ4v) is 5.78. The van der Waals surface area contributed by atoms with Crippen LogP contribution in [0.25, 0.3) is 0 Å². The van der Waals surface area contributed by atoms with Gasteiger partial charge in [-0.1, -0.05) is 31.5 Å². The maximum Gasteiger partial charge on any atom is 0.354 e. The van der Waals surface area contributed by atoms with Gasteiger partial charge in [0, 0.05) is 24.3 Å². The SMILES string of the molecule is CCn1c(C)c(C(=O)C(C)N(CC(C)C)S(=O)(=O)c2ccc(C)cc2)c(C)c1C(=O)OC. The topological polar surface area (TPSA) is 85.7 Å². The molecule has 1 aromatic heterocycles. The summed E-state index contributed by atoms with van der Waals surface area (Å²) in [7, 11) is -2.61. The number of aryl methyl sites for hydroxylation is 1. The summed E-state index contributed by atoms with van der Waals surface area (Å²) in [4.78, 5) is 26.2. The molecule has 0 aliphatic heterocycles. The number of Topliss-reactive ketones (excluding diaryl/α,β-unsaturated/α-hetero) is 1. The molecule has 176 valence electrons. The van der Waals surface area contributed by atoms with Crippen molar-refractivity contribution in [1.29, 1.82) is 0 Å². The molecule has 1 aromatic carbocycles. The molecule has 0 aliphatic carbocycles. The molecule has 1 atom stereocenters. The number of esters is 1. The molecule has 0 amide bonds. The number of sulfonamides is 1. The van der Waals surface area contributed by atoms with E-state index in [1.54, 1.807) is 49.6 Å². The van der Waals surface area contributed by atoms with E-state index in [4.69, 9.17) is 4.74 Å². The first-order valence-electron chi connectivity index (χ1n) is 10.8. The highest BCUT2D eigenvalue weighted by molar-refractivity contribution is 7.89. The Bertz CT molecular complexity index is 1100. The van der Waals surface area contributed by atoms with Gasteiger partial charge in [-0.05, 0) is 58.2 Å². The zero-order valence-corrected chi connectivity index (χ0v) is 21.0. The van der Waals surface area contributed by atoms with Crippen molar-refractivity contribution in [2.75, 3.05) is 13.7 Å². The number of benzene rings is 1. The second-order valence-electron chi connectivity index (χ2n) is 8.49. The van der Waals surface area contributed by atoms with Crippen LogP contribution >= 0.6 is 0 Å². The van der Waals surface area contributed by atoms with E-state index in [1.165, 1.54) is 11.4 Å². The molecule has 0 saturated carbocycles. The van der Waals surface area contributed by atoms with Crippen LogP contribution in [-0.4, -0.2) is 48.7 Å². The van der Waals surface area contributed by atoms with Gasteiger partial charge in [0.05, 0.1) is 18.0 Å². The third kappa shape index (κ3) is 4.81. The minimum atomic E-state index is -3.91. The van der Waals surface area contributed by atoms with Crippen molar-refractivity contribution >= 4 is 21.8 Å². The number of hydrogen-bond acceptors (Lipinski definition) is 5. The number of carbonyl (C=O) groups excluding carboxylic acids is 2. The zero-order valence-electron chi connectivity index (χ0n) is 20.2. The minimum Gasteiger partial charge on any atom is -0.464 e. The van der Waals surface area contributed by atoms with Gasteiger partial charge in [0.2, 0.25) is 10.0 Å². The summed E-state index contributed by atoms with van der Waals surface area (Å²) >= 11 is 0. The van der Waals surface area contributed by atoms with E-state index in [0.717, 1.165) is 5.56 Å². The first kappa shape index (κ1) is 25.8. The Morgan fingerprint density at radius 1 is 1.06 bits per heavy atom. The molecule has 0 fully saturated rings. The van der Waals surface area contributed by atoms with Crippen LogP contribution in [-0.2, 0) is 21.3 Å². The lowest BCUT2D eigenvalue weighted by Crippen LogP contribution is -2.45. The number of ketones is 1. The fraction of sp³-hybridized carbons (Fsp3) is 0.500. The minimum absolute atomic E-state index is 0.0125. The summed E-state index contributed by atoms with van der Waals surface area (Å²) < 4.78 is 34.9. The standard InChI is InChI=1S/C24H34N2O5S/c1-9-25-18(6)21(17(5)22(25)24(28)31-8)23(27)19(7)26(14-15(2)3)32(29,30)20-12-10-16(4)11-13-20/h10-13,15,19H,9,14H2,1-8H3. The van der Waals surface area contributed by atoms with Gasteiger partial charge < -0.3 is 9.30 Å². The highest BCUT2D eigenvalue weighted by atomic mass is 32.2. The number of hydrogen-bond donors (Lipinski definition) is 0. The predicted octanol–water partition coefficient (Wildman–Crippen LogP) is 4.14. The van der Waals surface area contributed by atoms with E-state index < -0.39 is 22.0 Å². The Hall–Kier alpha value is -2.45. The van der Waals surface area contributed by atoms with E-state index in [0.29, 0.717) is 29.1 Å². The molecular formula is C24H34N2O5S. The Balaban J connectivity index is 2.60. The van der Waals surface area contributed by atoms with Crippen LogP contribution in [0.1, 0.15) is 65.4 Å². The van der Waals surface area contributed by atoms with Crippen LogP contribution in [0.15, 0.2) is 29.2 Å². The van der Waals surface area contributed by atoms with Gasteiger partial charge in [-0.2, -0.15) is 4.31 Å². The van der Waals surface area contributed by atoms with Crippen LogP contribution in [0.4, 0.5) is 0 Å². The van der Waals surface area contributed by atoms with Gasteiger partial charge >= 0.3 is 5.97 Å². The monoisotopic (exact) mass is 462 g/mol. The molecule has 2 rings (SSSR count). The molecule has 0 radical (unpaired) electrons. The lowest BCUT2D eigenvalue weighted by molar-refractivity contribution is 0.0587. The summed E-state index contributed by atoms with van der Waals surface area (Å²) in [5.41, 5.74) is 2.77. The number of nitrogens with zero attached hydrogens (tertiary/aromatic N) is 2. The number of methoxy groups -OCH3 is 1. The van der Waals surface area contributed by atoms with Crippen LogP contribution in [0, 0.1) is 26.7 Å². The molecule has 7 nitrogen and oxygen atoms in total. The largest absolute Gasteiger partial charge is 0.464 e. The summed E-state index contributed by atoms with van der Waals surface area (Å²) in [6, 6.07) is 5.67. The molecular weight excluding hydrogens is 428 g/mol. The van der Waals surface area contributed by atoms with Crippen LogP contribution in [0.5, 0.6) is 0 Å². The van der Waals surface area contributed by atoms with Gasteiger partial charge in [0.25, 0.3) is 0 Å². The van der Waals surface area contributed by atoms with E-state index in [1.807, 2.05) is 27.7 Å². The zero-order chi connectivity index (χ0) is 24.4. The number of carbonyl (C=O) groups is 2. The summed E-state index contributed by atoms with van der Waals surface area (Å²) in [5.74, 6) is -0.849. The molecule has 0 aliphatic rings. The Morgan fingerprint density at radius 3 is 2.09 bits per heavy atom. The summed E-state index contributed by atoms with van der Waals surface area (Å²) in [6.45, 7) is 13.3. The van der Waals surface area contributed by atoms with Crippen LogP contribution < -0.4 is 0 Å². The second kappa shape index (κ2) is 10.0. The highest BCUT2D eigenvalue weighted by Crippen LogP contribution is 2.28. The first-order chi connectivity index (χ1) is 14.9. The normalized spacial score (nSPS) is 12.9. The predicted molar refractivity (Wildman–Crippen MR) is 125 cm³/mol. The number of rotatable bonds is 9.